The van der Waals surface area contributed by atoms with E-state index in [4.69, 9.17) is 9.47 Å². The van der Waals surface area contributed by atoms with Crippen LogP contribution >= 0.6 is 0 Å². The van der Waals surface area contributed by atoms with Gasteiger partial charge in [0.25, 0.3) is 5.91 Å². The summed E-state index contributed by atoms with van der Waals surface area (Å²) >= 11 is 0. The molecular formula is C23H28N2O3. The van der Waals surface area contributed by atoms with Gasteiger partial charge in [-0.3, -0.25) is 9.69 Å². The van der Waals surface area contributed by atoms with Crippen LogP contribution in [0.25, 0.3) is 0 Å². The summed E-state index contributed by atoms with van der Waals surface area (Å²) < 4.78 is 10.9. The first-order chi connectivity index (χ1) is 13.7. The number of rotatable bonds is 6. The van der Waals surface area contributed by atoms with E-state index < -0.39 is 0 Å². The lowest BCUT2D eigenvalue weighted by Crippen LogP contribution is -2.50. The highest BCUT2D eigenvalue weighted by Gasteiger charge is 2.41. The van der Waals surface area contributed by atoms with E-state index >= 15 is 0 Å². The zero-order chi connectivity index (χ0) is 19.5. The SMILES string of the molecule is COc1ccc(CN2C3CCC2CC(NC(=O)c2ccccc2)C3)c(OC)c1. The predicted octanol–water partition coefficient (Wildman–Crippen LogP) is 3.63. The summed E-state index contributed by atoms with van der Waals surface area (Å²) in [5.74, 6) is 1.72. The maximum atomic E-state index is 12.5. The molecule has 2 bridgehead atoms. The number of hydrogen-bond acceptors (Lipinski definition) is 4. The van der Waals surface area contributed by atoms with E-state index in [1.165, 1.54) is 18.4 Å². The van der Waals surface area contributed by atoms with Gasteiger partial charge in [0.1, 0.15) is 11.5 Å². The Morgan fingerprint density at radius 2 is 1.75 bits per heavy atom. The van der Waals surface area contributed by atoms with Crippen molar-refractivity contribution in [2.24, 2.45) is 0 Å². The van der Waals surface area contributed by atoms with Crippen molar-refractivity contribution in [2.45, 2.75) is 50.4 Å². The summed E-state index contributed by atoms with van der Waals surface area (Å²) in [4.78, 5) is 15.1. The number of benzene rings is 2. The molecule has 0 radical (unpaired) electrons. The molecule has 28 heavy (non-hydrogen) atoms. The number of piperidine rings is 1. The molecule has 0 saturated carbocycles. The minimum atomic E-state index is 0.0373. The summed E-state index contributed by atoms with van der Waals surface area (Å²) in [5, 5.41) is 3.25. The van der Waals surface area contributed by atoms with Crippen LogP contribution in [0.2, 0.25) is 0 Å². The molecule has 2 aliphatic heterocycles. The number of fused-ring (bicyclic) bond motifs is 2. The van der Waals surface area contributed by atoms with Crippen molar-refractivity contribution in [3.8, 4) is 11.5 Å². The molecule has 2 heterocycles. The van der Waals surface area contributed by atoms with Crippen LogP contribution < -0.4 is 14.8 Å². The Hall–Kier alpha value is -2.53. The molecule has 5 nitrogen and oxygen atoms in total. The van der Waals surface area contributed by atoms with Gasteiger partial charge in [0, 0.05) is 41.9 Å². The Balaban J connectivity index is 1.41. The van der Waals surface area contributed by atoms with Gasteiger partial charge in [-0.25, -0.2) is 0 Å². The Labute approximate surface area is 166 Å². The molecule has 1 N–H and O–H groups in total. The monoisotopic (exact) mass is 380 g/mol. The summed E-state index contributed by atoms with van der Waals surface area (Å²) in [7, 11) is 3.38. The predicted molar refractivity (Wildman–Crippen MR) is 109 cm³/mol. The van der Waals surface area contributed by atoms with E-state index in [-0.39, 0.29) is 11.9 Å². The molecule has 0 spiro atoms. The van der Waals surface area contributed by atoms with Gasteiger partial charge in [-0.2, -0.15) is 0 Å². The van der Waals surface area contributed by atoms with Crippen LogP contribution in [-0.4, -0.2) is 43.2 Å². The van der Waals surface area contributed by atoms with Crippen LogP contribution in [0.1, 0.15) is 41.6 Å². The Morgan fingerprint density at radius 3 is 2.39 bits per heavy atom. The summed E-state index contributed by atoms with van der Waals surface area (Å²) in [6, 6.07) is 16.8. The molecule has 148 valence electrons. The van der Waals surface area contributed by atoms with E-state index in [1.807, 2.05) is 42.5 Å². The van der Waals surface area contributed by atoms with Crippen molar-refractivity contribution in [1.82, 2.24) is 10.2 Å². The molecule has 2 unspecified atom stereocenters. The smallest absolute Gasteiger partial charge is 0.251 e. The highest BCUT2D eigenvalue weighted by atomic mass is 16.5. The summed E-state index contributed by atoms with van der Waals surface area (Å²) in [6.45, 7) is 0.877. The Morgan fingerprint density at radius 1 is 1.04 bits per heavy atom. The first-order valence-corrected chi connectivity index (χ1v) is 10.0. The number of methoxy groups -OCH3 is 2. The number of nitrogens with one attached hydrogen (secondary N) is 1. The van der Waals surface area contributed by atoms with Crippen molar-refractivity contribution >= 4 is 5.91 Å². The lowest BCUT2D eigenvalue weighted by molar-refractivity contribution is 0.0826. The van der Waals surface area contributed by atoms with Crippen LogP contribution in [-0.2, 0) is 6.54 Å². The number of carbonyl (C=O) groups excluding carboxylic acids is 1. The maximum absolute atomic E-state index is 12.5. The van der Waals surface area contributed by atoms with E-state index in [0.717, 1.165) is 36.4 Å². The number of amides is 1. The third-order valence-corrected chi connectivity index (χ3v) is 6.10. The second kappa shape index (κ2) is 8.23. The minimum absolute atomic E-state index is 0.0373. The fourth-order valence-corrected chi connectivity index (χ4v) is 4.69. The summed E-state index contributed by atoms with van der Waals surface area (Å²) in [6.07, 6.45) is 4.41. The minimum Gasteiger partial charge on any atom is -0.497 e. The zero-order valence-corrected chi connectivity index (χ0v) is 16.6. The van der Waals surface area contributed by atoms with Crippen LogP contribution in [0.15, 0.2) is 48.5 Å². The number of ether oxygens (including phenoxy) is 2. The van der Waals surface area contributed by atoms with E-state index in [2.05, 4.69) is 16.3 Å². The fraction of sp³-hybridized carbons (Fsp3) is 0.435. The van der Waals surface area contributed by atoms with Gasteiger partial charge in [-0.1, -0.05) is 24.3 Å². The third kappa shape index (κ3) is 3.85. The topological polar surface area (TPSA) is 50.8 Å². The molecule has 1 amide bonds. The normalized spacial score (nSPS) is 24.0. The van der Waals surface area contributed by atoms with Crippen LogP contribution in [0.4, 0.5) is 0 Å². The molecule has 2 atom stereocenters. The van der Waals surface area contributed by atoms with Crippen LogP contribution in [0.5, 0.6) is 11.5 Å². The molecule has 2 saturated heterocycles. The molecule has 0 aliphatic carbocycles. The second-order valence-electron chi connectivity index (χ2n) is 7.74. The zero-order valence-electron chi connectivity index (χ0n) is 16.6. The number of hydrogen-bond donors (Lipinski definition) is 1. The average molecular weight is 380 g/mol. The maximum Gasteiger partial charge on any atom is 0.251 e. The first kappa shape index (κ1) is 18.8. The van der Waals surface area contributed by atoms with Crippen molar-refractivity contribution < 1.29 is 14.3 Å². The van der Waals surface area contributed by atoms with Gasteiger partial charge in [0.2, 0.25) is 0 Å². The van der Waals surface area contributed by atoms with Gasteiger partial charge in [-0.05, 0) is 43.9 Å². The molecule has 2 fully saturated rings. The van der Waals surface area contributed by atoms with E-state index in [0.29, 0.717) is 12.1 Å². The van der Waals surface area contributed by atoms with Crippen molar-refractivity contribution in [2.75, 3.05) is 14.2 Å². The molecule has 2 aliphatic rings. The van der Waals surface area contributed by atoms with Crippen molar-refractivity contribution in [3.05, 3.63) is 59.7 Å². The van der Waals surface area contributed by atoms with Gasteiger partial charge in [-0.15, -0.1) is 0 Å². The highest BCUT2D eigenvalue weighted by molar-refractivity contribution is 5.94. The molecular weight excluding hydrogens is 352 g/mol. The first-order valence-electron chi connectivity index (χ1n) is 10.0. The molecule has 5 heteroatoms. The molecule has 2 aromatic rings. The number of carbonyl (C=O) groups is 1. The second-order valence-corrected chi connectivity index (χ2v) is 7.74. The molecule has 0 aromatic heterocycles. The largest absolute Gasteiger partial charge is 0.497 e. The van der Waals surface area contributed by atoms with Crippen LogP contribution in [0.3, 0.4) is 0 Å². The average Bonchev–Trinajstić information content (AvgIpc) is 2.96. The standard InChI is InChI=1S/C23H28N2O3/c1-27-21-11-8-17(22(14-21)28-2)15-25-19-9-10-20(25)13-18(12-19)24-23(26)16-6-4-3-5-7-16/h3-8,11,14,18-20H,9-10,12-13,15H2,1-2H3,(H,24,26). The third-order valence-electron chi connectivity index (χ3n) is 6.10. The molecule has 4 rings (SSSR count). The molecule has 2 aromatic carbocycles. The van der Waals surface area contributed by atoms with Gasteiger partial charge >= 0.3 is 0 Å². The van der Waals surface area contributed by atoms with E-state index in [9.17, 15) is 4.79 Å². The summed E-state index contributed by atoms with van der Waals surface area (Å²) in [5.41, 5.74) is 1.92. The number of nitrogens with zero attached hydrogens (tertiary/aromatic N) is 1. The van der Waals surface area contributed by atoms with Crippen molar-refractivity contribution in [3.63, 3.8) is 0 Å². The Bertz CT molecular complexity index is 810. The quantitative estimate of drug-likeness (QED) is 0.831. The lowest BCUT2D eigenvalue weighted by Gasteiger charge is -2.39. The van der Waals surface area contributed by atoms with Crippen LogP contribution in [0, 0.1) is 0 Å². The highest BCUT2D eigenvalue weighted by Crippen LogP contribution is 2.38. The van der Waals surface area contributed by atoms with Gasteiger partial charge in [0.15, 0.2) is 0 Å². The Kier molecular flexibility index (Phi) is 5.53. The van der Waals surface area contributed by atoms with Gasteiger partial charge < -0.3 is 14.8 Å². The van der Waals surface area contributed by atoms with E-state index in [1.54, 1.807) is 14.2 Å². The fourth-order valence-electron chi connectivity index (χ4n) is 4.69. The van der Waals surface area contributed by atoms with Gasteiger partial charge in [0.05, 0.1) is 14.2 Å². The van der Waals surface area contributed by atoms with Crippen molar-refractivity contribution in [1.29, 1.82) is 0 Å². The lowest BCUT2D eigenvalue weighted by atomic mass is 9.96.